The first kappa shape index (κ1) is 22.8. The smallest absolute Gasteiger partial charge is 0.330 e. The molecule has 1 aliphatic heterocycles. The van der Waals surface area contributed by atoms with Crippen LogP contribution in [0.5, 0.6) is 0 Å². The first-order valence-corrected chi connectivity index (χ1v) is 10.9. The lowest BCUT2D eigenvalue weighted by molar-refractivity contribution is -0.195. The fourth-order valence-corrected chi connectivity index (χ4v) is 5.03. The zero-order valence-electron chi connectivity index (χ0n) is 18.0. The Bertz CT molecular complexity index is 766. The van der Waals surface area contributed by atoms with Crippen molar-refractivity contribution in [2.75, 3.05) is 6.54 Å². The van der Waals surface area contributed by atoms with Crippen molar-refractivity contribution >= 4 is 17.6 Å². The molecular formula is C22H31F3N2O3. The molecule has 1 saturated carbocycles. The molecule has 1 atom stereocenters. The molecule has 5 nitrogen and oxygen atoms in total. The summed E-state index contributed by atoms with van der Waals surface area (Å²) in [6.45, 7) is 5.61. The van der Waals surface area contributed by atoms with Crippen molar-refractivity contribution in [1.82, 2.24) is 10.2 Å². The molecule has 1 heterocycles. The van der Waals surface area contributed by atoms with Gasteiger partial charge in [0.05, 0.1) is 5.57 Å². The van der Waals surface area contributed by atoms with Gasteiger partial charge in [0.1, 0.15) is 0 Å². The molecule has 0 unspecified atom stereocenters. The fraction of sp³-hybridized carbons (Fsp3) is 0.773. The predicted molar refractivity (Wildman–Crippen MR) is 105 cm³/mol. The number of halogens is 3. The van der Waals surface area contributed by atoms with Crippen LogP contribution in [0.25, 0.3) is 0 Å². The molecule has 0 aromatic rings. The second kappa shape index (κ2) is 8.00. The minimum Gasteiger partial charge on any atom is -0.330 e. The first-order chi connectivity index (χ1) is 13.9. The number of Topliss-reactive ketones (excluding diaryl/α,β-unsaturated/α-hetero) is 1. The van der Waals surface area contributed by atoms with Gasteiger partial charge in [-0.25, -0.2) is 0 Å². The summed E-state index contributed by atoms with van der Waals surface area (Å²) in [5.41, 5.74) is -4.23. The molecule has 0 aromatic carbocycles. The molecule has 3 rings (SSSR count). The standard InChI is InChI=1S/C22H31F3N2O3/c1-4-5-11-27-15-12-20(2,3)13-16(28)17(15)21(19(27)30,22(23,24)25)26-18(29)14-9-7-6-8-10-14/h14H,4-13H2,1-3H3,(H,26,29)/t21-/m1/s1. The quantitative estimate of drug-likeness (QED) is 0.711. The van der Waals surface area contributed by atoms with Gasteiger partial charge in [-0.15, -0.1) is 0 Å². The number of rotatable bonds is 5. The van der Waals surface area contributed by atoms with E-state index in [4.69, 9.17) is 0 Å². The Balaban J connectivity index is 2.10. The van der Waals surface area contributed by atoms with E-state index in [1.165, 1.54) is 0 Å². The van der Waals surface area contributed by atoms with Crippen molar-refractivity contribution in [3.05, 3.63) is 11.3 Å². The summed E-state index contributed by atoms with van der Waals surface area (Å²) in [6, 6.07) is 0. The zero-order chi connectivity index (χ0) is 22.3. The van der Waals surface area contributed by atoms with E-state index in [2.05, 4.69) is 5.32 Å². The van der Waals surface area contributed by atoms with Gasteiger partial charge < -0.3 is 10.2 Å². The van der Waals surface area contributed by atoms with Crippen molar-refractivity contribution in [3.63, 3.8) is 0 Å². The Labute approximate surface area is 175 Å². The number of nitrogens with one attached hydrogen (secondary N) is 1. The molecule has 168 valence electrons. The summed E-state index contributed by atoms with van der Waals surface area (Å²) in [5.74, 6) is -3.27. The van der Waals surface area contributed by atoms with E-state index in [1.54, 1.807) is 0 Å². The number of allylic oxidation sites excluding steroid dienone is 1. The van der Waals surface area contributed by atoms with Gasteiger partial charge in [0, 0.05) is 24.6 Å². The van der Waals surface area contributed by atoms with Crippen LogP contribution in [0, 0.1) is 11.3 Å². The van der Waals surface area contributed by atoms with E-state index in [0.717, 1.165) is 24.2 Å². The zero-order valence-corrected chi connectivity index (χ0v) is 18.0. The number of nitrogens with zero attached hydrogens (tertiary/aromatic N) is 1. The molecule has 0 radical (unpaired) electrons. The number of hydrogen-bond acceptors (Lipinski definition) is 3. The van der Waals surface area contributed by atoms with Crippen LogP contribution in [0.2, 0.25) is 0 Å². The molecule has 1 N–H and O–H groups in total. The highest BCUT2D eigenvalue weighted by Crippen LogP contribution is 2.52. The summed E-state index contributed by atoms with van der Waals surface area (Å²) in [6.07, 6.45) is -0.296. The molecule has 0 spiro atoms. The normalized spacial score (nSPS) is 27.5. The maximum Gasteiger partial charge on any atom is 0.425 e. The van der Waals surface area contributed by atoms with Gasteiger partial charge >= 0.3 is 6.18 Å². The summed E-state index contributed by atoms with van der Waals surface area (Å²) < 4.78 is 43.7. The van der Waals surface area contributed by atoms with E-state index in [0.29, 0.717) is 25.7 Å². The third kappa shape index (κ3) is 3.78. The lowest BCUT2D eigenvalue weighted by Crippen LogP contribution is -2.67. The van der Waals surface area contributed by atoms with Crippen molar-refractivity contribution in [3.8, 4) is 0 Å². The fourth-order valence-electron chi connectivity index (χ4n) is 5.03. The Morgan fingerprint density at radius 1 is 1.13 bits per heavy atom. The third-order valence-corrected chi connectivity index (χ3v) is 6.57. The number of amides is 2. The second-order valence-corrected chi connectivity index (χ2v) is 9.64. The van der Waals surface area contributed by atoms with E-state index < -0.39 is 46.2 Å². The highest BCUT2D eigenvalue weighted by Gasteiger charge is 2.71. The van der Waals surface area contributed by atoms with Crippen LogP contribution >= 0.6 is 0 Å². The second-order valence-electron chi connectivity index (χ2n) is 9.64. The van der Waals surface area contributed by atoms with Crippen LogP contribution in [-0.4, -0.2) is 40.8 Å². The monoisotopic (exact) mass is 428 g/mol. The number of carbonyl (C=O) groups excluding carboxylic acids is 3. The molecule has 0 aromatic heterocycles. The Morgan fingerprint density at radius 2 is 1.77 bits per heavy atom. The molecule has 0 bridgehead atoms. The van der Waals surface area contributed by atoms with Crippen molar-refractivity contribution in [1.29, 1.82) is 0 Å². The summed E-state index contributed by atoms with van der Waals surface area (Å²) in [4.78, 5) is 40.3. The van der Waals surface area contributed by atoms with Crippen molar-refractivity contribution in [2.45, 2.75) is 90.3 Å². The van der Waals surface area contributed by atoms with Gasteiger partial charge in [-0.1, -0.05) is 46.5 Å². The Kier molecular flexibility index (Phi) is 6.09. The van der Waals surface area contributed by atoms with Crippen LogP contribution in [0.3, 0.4) is 0 Å². The van der Waals surface area contributed by atoms with Crippen LogP contribution in [0.4, 0.5) is 13.2 Å². The molecule has 2 amide bonds. The van der Waals surface area contributed by atoms with Gasteiger partial charge in [-0.3, -0.25) is 14.4 Å². The van der Waals surface area contributed by atoms with Crippen LogP contribution in [-0.2, 0) is 14.4 Å². The van der Waals surface area contributed by atoms with E-state index in [-0.39, 0.29) is 25.1 Å². The maximum atomic E-state index is 14.6. The third-order valence-electron chi connectivity index (χ3n) is 6.57. The average molecular weight is 428 g/mol. The van der Waals surface area contributed by atoms with Gasteiger partial charge in [0.25, 0.3) is 5.91 Å². The molecule has 2 aliphatic carbocycles. The van der Waals surface area contributed by atoms with Gasteiger partial charge in [0.15, 0.2) is 5.78 Å². The highest BCUT2D eigenvalue weighted by molar-refractivity contribution is 6.13. The Morgan fingerprint density at radius 3 is 2.33 bits per heavy atom. The topological polar surface area (TPSA) is 66.5 Å². The van der Waals surface area contributed by atoms with Crippen molar-refractivity contribution < 1.29 is 27.6 Å². The molecule has 8 heteroatoms. The van der Waals surface area contributed by atoms with E-state index in [9.17, 15) is 27.6 Å². The molecule has 3 aliphatic rings. The highest BCUT2D eigenvalue weighted by atomic mass is 19.4. The largest absolute Gasteiger partial charge is 0.425 e. The molecule has 0 saturated heterocycles. The van der Waals surface area contributed by atoms with E-state index in [1.807, 2.05) is 20.8 Å². The lowest BCUT2D eigenvalue weighted by Gasteiger charge is -2.36. The molecule has 1 fully saturated rings. The van der Waals surface area contributed by atoms with Gasteiger partial charge in [0.2, 0.25) is 11.4 Å². The predicted octanol–water partition coefficient (Wildman–Crippen LogP) is 4.27. The van der Waals surface area contributed by atoms with Gasteiger partial charge in [-0.2, -0.15) is 13.2 Å². The lowest BCUT2D eigenvalue weighted by atomic mass is 9.72. The SMILES string of the molecule is CCCCN1C(=O)[C@@](NC(=O)C2CCCCC2)(C(F)(F)F)C2=C1CC(C)(C)CC2=O. The minimum absolute atomic E-state index is 0.0855. The number of hydrogen-bond donors (Lipinski definition) is 1. The first-order valence-electron chi connectivity index (χ1n) is 10.9. The summed E-state index contributed by atoms with van der Waals surface area (Å²) >= 11 is 0. The minimum atomic E-state index is -5.10. The van der Waals surface area contributed by atoms with E-state index >= 15 is 0 Å². The number of unbranched alkanes of at least 4 members (excludes halogenated alkanes) is 1. The number of ketones is 1. The average Bonchev–Trinajstić information content (AvgIpc) is 2.88. The summed E-state index contributed by atoms with van der Waals surface area (Å²) in [7, 11) is 0. The summed E-state index contributed by atoms with van der Waals surface area (Å²) in [5, 5.41) is 2.08. The molecular weight excluding hydrogens is 397 g/mol. The Hall–Kier alpha value is -1.86. The number of alkyl halides is 3. The molecule has 30 heavy (non-hydrogen) atoms. The van der Waals surface area contributed by atoms with Crippen LogP contribution < -0.4 is 5.32 Å². The van der Waals surface area contributed by atoms with Crippen LogP contribution in [0.1, 0.15) is 78.6 Å². The number of carbonyl (C=O) groups is 3. The van der Waals surface area contributed by atoms with Gasteiger partial charge in [-0.05, 0) is 31.1 Å². The van der Waals surface area contributed by atoms with Crippen molar-refractivity contribution in [2.24, 2.45) is 11.3 Å². The van der Waals surface area contributed by atoms with Crippen LogP contribution in [0.15, 0.2) is 11.3 Å². The maximum absolute atomic E-state index is 14.6.